The molecule has 1 aromatic heterocycles. The number of aromatic nitrogens is 1. The van der Waals surface area contributed by atoms with E-state index in [1.807, 2.05) is 27.8 Å². The third-order valence-corrected chi connectivity index (χ3v) is 4.28. The fourth-order valence-corrected chi connectivity index (χ4v) is 3.18. The molecule has 1 aromatic carbocycles. The molecular weight excluding hydrogens is 264 g/mol. The van der Waals surface area contributed by atoms with Crippen molar-refractivity contribution in [3.05, 3.63) is 35.5 Å². The van der Waals surface area contributed by atoms with Gasteiger partial charge in [0.15, 0.2) is 6.29 Å². The second kappa shape index (κ2) is 5.72. The van der Waals surface area contributed by atoms with Crippen LogP contribution in [0.1, 0.15) is 35.7 Å². The van der Waals surface area contributed by atoms with E-state index in [4.69, 9.17) is 0 Å². The van der Waals surface area contributed by atoms with Crippen molar-refractivity contribution in [3.8, 4) is 0 Å². The first-order valence-electron chi connectivity index (χ1n) is 7.58. The maximum absolute atomic E-state index is 12.4. The lowest BCUT2D eigenvalue weighted by molar-refractivity contribution is -0.130. The number of amides is 1. The SMILES string of the molecule is CCc1cccc2c(C=O)cn(CC(=O)N3CCCC3)c12. The molecule has 1 aliphatic rings. The monoisotopic (exact) mass is 284 g/mol. The summed E-state index contributed by atoms with van der Waals surface area (Å²) in [7, 11) is 0. The minimum atomic E-state index is 0.146. The van der Waals surface area contributed by atoms with Gasteiger partial charge < -0.3 is 9.47 Å². The van der Waals surface area contributed by atoms with Crippen molar-refractivity contribution in [2.45, 2.75) is 32.7 Å². The van der Waals surface area contributed by atoms with Crippen LogP contribution >= 0.6 is 0 Å². The van der Waals surface area contributed by atoms with Crippen molar-refractivity contribution in [2.24, 2.45) is 0 Å². The lowest BCUT2D eigenvalue weighted by Crippen LogP contribution is -2.30. The number of hydrogen-bond acceptors (Lipinski definition) is 2. The first-order chi connectivity index (χ1) is 10.2. The Labute approximate surface area is 124 Å². The number of aryl methyl sites for hydroxylation is 1. The average Bonchev–Trinajstić information content (AvgIpc) is 3.15. The molecule has 2 aromatic rings. The highest BCUT2D eigenvalue weighted by atomic mass is 16.2. The van der Waals surface area contributed by atoms with Gasteiger partial charge in [-0.05, 0) is 24.8 Å². The molecule has 0 atom stereocenters. The topological polar surface area (TPSA) is 42.3 Å². The second-order valence-electron chi connectivity index (χ2n) is 5.58. The molecule has 1 aliphatic heterocycles. The van der Waals surface area contributed by atoms with Crippen LogP contribution in [-0.4, -0.2) is 34.7 Å². The fraction of sp³-hybridized carbons (Fsp3) is 0.412. The van der Waals surface area contributed by atoms with E-state index in [1.165, 1.54) is 5.56 Å². The van der Waals surface area contributed by atoms with Crippen LogP contribution in [0, 0.1) is 0 Å². The van der Waals surface area contributed by atoms with Crippen LogP contribution in [0.3, 0.4) is 0 Å². The van der Waals surface area contributed by atoms with Gasteiger partial charge in [0.2, 0.25) is 5.91 Å². The maximum Gasteiger partial charge on any atom is 0.242 e. The van der Waals surface area contributed by atoms with Gasteiger partial charge in [-0.25, -0.2) is 0 Å². The minimum Gasteiger partial charge on any atom is -0.341 e. The molecule has 110 valence electrons. The Kier molecular flexibility index (Phi) is 3.78. The molecule has 1 amide bonds. The van der Waals surface area contributed by atoms with Crippen LogP contribution in [-0.2, 0) is 17.8 Å². The summed E-state index contributed by atoms with van der Waals surface area (Å²) in [6, 6.07) is 5.99. The zero-order valence-corrected chi connectivity index (χ0v) is 12.3. The summed E-state index contributed by atoms with van der Waals surface area (Å²) in [5.41, 5.74) is 2.86. The average molecular weight is 284 g/mol. The number of likely N-dealkylation sites (tertiary alicyclic amines) is 1. The highest BCUT2D eigenvalue weighted by Gasteiger charge is 2.20. The van der Waals surface area contributed by atoms with Crippen molar-refractivity contribution in [1.29, 1.82) is 0 Å². The Balaban J connectivity index is 2.01. The van der Waals surface area contributed by atoms with Crippen LogP contribution in [0.2, 0.25) is 0 Å². The standard InChI is InChI=1S/C17H20N2O2/c1-2-13-6-5-7-15-14(12-20)10-19(17(13)15)11-16(21)18-8-3-4-9-18/h5-7,10,12H,2-4,8-9,11H2,1H3. The van der Waals surface area contributed by atoms with Crippen LogP contribution in [0.25, 0.3) is 10.9 Å². The highest BCUT2D eigenvalue weighted by Crippen LogP contribution is 2.25. The number of para-hydroxylation sites is 1. The van der Waals surface area contributed by atoms with E-state index >= 15 is 0 Å². The predicted octanol–water partition coefficient (Wildman–Crippen LogP) is 2.64. The number of benzene rings is 1. The minimum absolute atomic E-state index is 0.146. The first kappa shape index (κ1) is 13.9. The molecule has 21 heavy (non-hydrogen) atoms. The summed E-state index contributed by atoms with van der Waals surface area (Å²) >= 11 is 0. The fourth-order valence-electron chi connectivity index (χ4n) is 3.18. The van der Waals surface area contributed by atoms with Crippen molar-refractivity contribution < 1.29 is 9.59 Å². The molecule has 0 spiro atoms. The summed E-state index contributed by atoms with van der Waals surface area (Å²) < 4.78 is 1.94. The molecule has 4 heteroatoms. The van der Waals surface area contributed by atoms with Crippen LogP contribution in [0.4, 0.5) is 0 Å². The van der Waals surface area contributed by atoms with E-state index in [2.05, 4.69) is 13.0 Å². The Morgan fingerprint density at radius 2 is 2.05 bits per heavy atom. The van der Waals surface area contributed by atoms with E-state index < -0.39 is 0 Å². The molecule has 3 rings (SSSR count). The molecule has 0 radical (unpaired) electrons. The molecule has 1 saturated heterocycles. The van der Waals surface area contributed by atoms with E-state index in [0.29, 0.717) is 12.1 Å². The van der Waals surface area contributed by atoms with Crippen molar-refractivity contribution in [3.63, 3.8) is 0 Å². The van der Waals surface area contributed by atoms with Crippen molar-refractivity contribution in [2.75, 3.05) is 13.1 Å². The summed E-state index contributed by atoms with van der Waals surface area (Å²) in [6.07, 6.45) is 5.76. The third kappa shape index (κ3) is 2.46. The quantitative estimate of drug-likeness (QED) is 0.810. The molecule has 4 nitrogen and oxygen atoms in total. The van der Waals surface area contributed by atoms with E-state index in [-0.39, 0.29) is 5.91 Å². The number of carbonyl (C=O) groups is 2. The van der Waals surface area contributed by atoms with Crippen molar-refractivity contribution in [1.82, 2.24) is 9.47 Å². The zero-order chi connectivity index (χ0) is 14.8. The smallest absolute Gasteiger partial charge is 0.242 e. The lowest BCUT2D eigenvalue weighted by atomic mass is 10.1. The summed E-state index contributed by atoms with van der Waals surface area (Å²) in [5, 5.41) is 0.943. The molecule has 2 heterocycles. The number of carbonyl (C=O) groups excluding carboxylic acids is 2. The van der Waals surface area contributed by atoms with Gasteiger partial charge in [-0.2, -0.15) is 0 Å². The van der Waals surface area contributed by atoms with Gasteiger partial charge in [0, 0.05) is 30.2 Å². The van der Waals surface area contributed by atoms with Gasteiger partial charge in [-0.3, -0.25) is 9.59 Å². The number of fused-ring (bicyclic) bond motifs is 1. The zero-order valence-electron chi connectivity index (χ0n) is 12.3. The molecular formula is C17H20N2O2. The van der Waals surface area contributed by atoms with E-state index in [0.717, 1.165) is 49.5 Å². The van der Waals surface area contributed by atoms with Gasteiger partial charge in [0.05, 0.1) is 5.52 Å². The molecule has 1 fully saturated rings. The first-order valence-corrected chi connectivity index (χ1v) is 7.58. The Bertz CT molecular complexity index is 681. The summed E-state index contributed by atoms with van der Waals surface area (Å²) in [6.45, 7) is 4.13. The van der Waals surface area contributed by atoms with Gasteiger partial charge in [0.1, 0.15) is 6.54 Å². The molecule has 0 unspecified atom stereocenters. The van der Waals surface area contributed by atoms with Crippen molar-refractivity contribution >= 4 is 23.1 Å². The molecule has 0 bridgehead atoms. The van der Waals surface area contributed by atoms with Crippen LogP contribution in [0.5, 0.6) is 0 Å². The molecule has 0 N–H and O–H groups in total. The van der Waals surface area contributed by atoms with Gasteiger partial charge in [-0.15, -0.1) is 0 Å². The second-order valence-corrected chi connectivity index (χ2v) is 5.58. The Morgan fingerprint density at radius 1 is 1.29 bits per heavy atom. The largest absolute Gasteiger partial charge is 0.341 e. The number of rotatable bonds is 4. The maximum atomic E-state index is 12.4. The molecule has 0 aliphatic carbocycles. The molecule has 0 saturated carbocycles. The third-order valence-electron chi connectivity index (χ3n) is 4.28. The van der Waals surface area contributed by atoms with Gasteiger partial charge >= 0.3 is 0 Å². The van der Waals surface area contributed by atoms with Crippen LogP contribution in [0.15, 0.2) is 24.4 Å². The number of nitrogens with zero attached hydrogens (tertiary/aromatic N) is 2. The number of hydrogen-bond donors (Lipinski definition) is 0. The predicted molar refractivity (Wildman–Crippen MR) is 82.5 cm³/mol. The van der Waals surface area contributed by atoms with Gasteiger partial charge in [-0.1, -0.05) is 25.1 Å². The van der Waals surface area contributed by atoms with Crippen LogP contribution < -0.4 is 0 Å². The Hall–Kier alpha value is -2.10. The summed E-state index contributed by atoms with van der Waals surface area (Å²) in [5.74, 6) is 0.146. The lowest BCUT2D eigenvalue weighted by Gasteiger charge is -2.16. The number of aldehydes is 1. The van der Waals surface area contributed by atoms with Gasteiger partial charge in [0.25, 0.3) is 0 Å². The Morgan fingerprint density at radius 3 is 2.71 bits per heavy atom. The van der Waals surface area contributed by atoms with E-state index in [9.17, 15) is 9.59 Å². The highest BCUT2D eigenvalue weighted by molar-refractivity contribution is 5.99. The van der Waals surface area contributed by atoms with E-state index in [1.54, 1.807) is 0 Å². The normalized spacial score (nSPS) is 14.8. The summed E-state index contributed by atoms with van der Waals surface area (Å²) in [4.78, 5) is 25.6.